The molecule has 0 bridgehead atoms. The molecule has 20 heavy (non-hydrogen) atoms. The first kappa shape index (κ1) is 28.9. The molecule has 128 valence electrons. The Labute approximate surface area is 135 Å². The van der Waals surface area contributed by atoms with E-state index >= 15 is 0 Å². The average molecular weight is 357 g/mol. The van der Waals surface area contributed by atoms with Crippen molar-refractivity contribution in [2.75, 3.05) is 0 Å². The van der Waals surface area contributed by atoms with Gasteiger partial charge < -0.3 is 8.23 Å². The molecule has 0 aromatic rings. The monoisotopic (exact) mass is 356 g/mol. The normalized spacial score (nSPS) is 12.6. The number of hydrogen-bond acceptors (Lipinski definition) is 2. The Kier molecular flexibility index (Phi) is 14.1. The van der Waals surface area contributed by atoms with Crippen LogP contribution in [0.4, 0.5) is 0 Å². The van der Waals surface area contributed by atoms with Gasteiger partial charge in [-0.1, -0.05) is 41.0 Å². The Hall–Kier alpha value is 0.788. The summed E-state index contributed by atoms with van der Waals surface area (Å²) in [5.74, 6) is 0. The highest BCUT2D eigenvalue weighted by Gasteiger charge is 2.35. The summed E-state index contributed by atoms with van der Waals surface area (Å²) in [6.45, 7) is 26.9. The smallest absolute Gasteiger partial charge is 0.311 e. The van der Waals surface area contributed by atoms with Gasteiger partial charge in [-0.2, -0.15) is 0 Å². The van der Waals surface area contributed by atoms with Gasteiger partial charge in [0.25, 0.3) is 0 Å². The number of rotatable bonds is 4. The summed E-state index contributed by atoms with van der Waals surface area (Å²) in [7, 11) is -5.33. The fourth-order valence-corrected chi connectivity index (χ4v) is 13.8. The van der Waals surface area contributed by atoms with E-state index in [4.69, 9.17) is 8.23 Å². The summed E-state index contributed by atoms with van der Waals surface area (Å²) >= 11 is 0. The van der Waals surface area contributed by atoms with Gasteiger partial charge in [0.2, 0.25) is 0 Å². The second kappa shape index (κ2) is 9.73. The third-order valence-corrected chi connectivity index (χ3v) is 9.94. The van der Waals surface area contributed by atoms with Crippen molar-refractivity contribution in [2.24, 2.45) is 0 Å². The summed E-state index contributed by atoms with van der Waals surface area (Å²) < 4.78 is 12.2. The van der Waals surface area contributed by atoms with Crippen molar-refractivity contribution in [1.82, 2.24) is 0 Å². The predicted octanol–water partition coefficient (Wildman–Crippen LogP) is 6.62. The Morgan fingerprint density at radius 3 is 0.700 bits per heavy atom. The van der Waals surface area contributed by atoms with E-state index in [1.54, 1.807) is 0 Å². The second-order valence-electron chi connectivity index (χ2n) is 8.83. The van der Waals surface area contributed by atoms with Crippen molar-refractivity contribution >= 4 is 33.3 Å². The van der Waals surface area contributed by atoms with E-state index in [0.29, 0.717) is 0 Å². The molecular weight excluding hydrogens is 312 g/mol. The van der Waals surface area contributed by atoms with Crippen LogP contribution in [0.2, 0.25) is 78.6 Å². The molecule has 0 amide bonds. The van der Waals surface area contributed by atoms with Gasteiger partial charge in [-0.15, -0.1) is 0 Å². The van der Waals surface area contributed by atoms with Crippen molar-refractivity contribution in [3.05, 3.63) is 0 Å². The average Bonchev–Trinajstić information content (AvgIpc) is 1.64. The van der Waals surface area contributed by atoms with Crippen LogP contribution in [0.3, 0.4) is 0 Å². The summed E-state index contributed by atoms with van der Waals surface area (Å²) in [5.41, 5.74) is 0. The minimum atomic E-state index is -1.85. The lowest BCUT2D eigenvalue weighted by atomic mass is 11.8. The summed E-state index contributed by atoms with van der Waals surface area (Å²) in [6, 6.07) is 0. The summed E-state index contributed by atoms with van der Waals surface area (Å²) in [4.78, 5) is 0. The lowest BCUT2D eigenvalue weighted by molar-refractivity contribution is 0.395. The molecule has 0 N–H and O–H groups in total. The highest BCUT2D eigenvalue weighted by molar-refractivity contribution is 6.87. The molecule has 0 aliphatic rings. The summed E-state index contributed by atoms with van der Waals surface area (Å²) in [5, 5.41) is 0. The van der Waals surface area contributed by atoms with Crippen LogP contribution in [0.1, 0.15) is 14.9 Å². The first-order valence-electron chi connectivity index (χ1n) is 6.82. The van der Waals surface area contributed by atoms with Gasteiger partial charge in [0.1, 0.15) is 0 Å². The SMILES string of the molecule is C.C.C[Si](C)(C)C.C[Si](C)(C)O[Si](C)(C)O[Si](C)(C)C. The van der Waals surface area contributed by atoms with Crippen LogP contribution in [0, 0.1) is 0 Å². The first-order chi connectivity index (χ1) is 7.41. The Bertz CT molecular complexity index is 211. The maximum absolute atomic E-state index is 6.09. The Balaban J connectivity index is -0.000000158. The zero-order valence-corrected chi connectivity index (χ0v) is 18.8. The van der Waals surface area contributed by atoms with E-state index in [1.807, 2.05) is 0 Å². The Morgan fingerprint density at radius 2 is 0.600 bits per heavy atom. The van der Waals surface area contributed by atoms with E-state index in [1.165, 1.54) is 0 Å². The van der Waals surface area contributed by atoms with Crippen molar-refractivity contribution in [2.45, 2.75) is 93.4 Å². The van der Waals surface area contributed by atoms with Gasteiger partial charge in [-0.3, -0.25) is 0 Å². The molecule has 0 spiro atoms. The van der Waals surface area contributed by atoms with Gasteiger partial charge in [-0.25, -0.2) is 0 Å². The molecule has 0 aliphatic heterocycles. The van der Waals surface area contributed by atoms with Gasteiger partial charge in [0.15, 0.2) is 16.6 Å². The lowest BCUT2D eigenvalue weighted by Crippen LogP contribution is -2.50. The van der Waals surface area contributed by atoms with E-state index in [9.17, 15) is 0 Å². The fourth-order valence-electron chi connectivity index (χ4n) is 1.50. The third kappa shape index (κ3) is 36.4. The van der Waals surface area contributed by atoms with Gasteiger partial charge >= 0.3 is 8.56 Å². The van der Waals surface area contributed by atoms with Gasteiger partial charge in [0.05, 0.1) is 0 Å². The van der Waals surface area contributed by atoms with Crippen LogP contribution in [0.15, 0.2) is 0 Å². The van der Waals surface area contributed by atoms with E-state index in [2.05, 4.69) is 78.6 Å². The number of hydrogen-bond donors (Lipinski definition) is 0. The molecule has 6 heteroatoms. The molecule has 0 heterocycles. The zero-order valence-electron chi connectivity index (χ0n) is 14.8. The molecule has 0 aliphatic carbocycles. The Morgan fingerprint density at radius 1 is 0.450 bits per heavy atom. The van der Waals surface area contributed by atoms with Gasteiger partial charge in [0, 0.05) is 8.07 Å². The van der Waals surface area contributed by atoms with Crippen LogP contribution >= 0.6 is 0 Å². The molecule has 0 fully saturated rings. The lowest BCUT2D eigenvalue weighted by Gasteiger charge is -2.35. The highest BCUT2D eigenvalue weighted by Crippen LogP contribution is 2.19. The predicted molar refractivity (Wildman–Crippen MR) is 109 cm³/mol. The molecule has 0 atom stereocenters. The van der Waals surface area contributed by atoms with Gasteiger partial charge in [-0.05, 0) is 52.4 Å². The van der Waals surface area contributed by atoms with Crippen molar-refractivity contribution < 1.29 is 8.23 Å². The highest BCUT2D eigenvalue weighted by atomic mass is 28.5. The minimum Gasteiger partial charge on any atom is -0.437 e. The molecule has 2 nitrogen and oxygen atoms in total. The molecule has 0 unspecified atom stereocenters. The maximum atomic E-state index is 6.09. The van der Waals surface area contributed by atoms with E-state index < -0.39 is 33.3 Å². The minimum absolute atomic E-state index is 0. The van der Waals surface area contributed by atoms with Crippen molar-refractivity contribution in [1.29, 1.82) is 0 Å². The topological polar surface area (TPSA) is 18.5 Å². The maximum Gasteiger partial charge on any atom is 0.311 e. The van der Waals surface area contributed by atoms with Crippen LogP contribution in [0.25, 0.3) is 0 Å². The van der Waals surface area contributed by atoms with Crippen LogP contribution in [0.5, 0.6) is 0 Å². The molecule has 0 aromatic heterocycles. The fraction of sp³-hybridized carbons (Fsp3) is 1.00. The van der Waals surface area contributed by atoms with Crippen LogP contribution in [-0.2, 0) is 8.23 Å². The molecule has 0 radical (unpaired) electrons. The van der Waals surface area contributed by atoms with Crippen LogP contribution < -0.4 is 0 Å². The van der Waals surface area contributed by atoms with E-state index in [-0.39, 0.29) is 14.9 Å². The molecule has 0 saturated carbocycles. The largest absolute Gasteiger partial charge is 0.437 e. The van der Waals surface area contributed by atoms with Crippen molar-refractivity contribution in [3.63, 3.8) is 0 Å². The molecule has 0 saturated heterocycles. The molecular formula is C14H44O2Si4. The second-order valence-corrected chi connectivity index (χ2v) is 27.7. The summed E-state index contributed by atoms with van der Waals surface area (Å²) in [6.07, 6.45) is 0. The van der Waals surface area contributed by atoms with Crippen molar-refractivity contribution in [3.8, 4) is 0 Å². The zero-order chi connectivity index (χ0) is 15.4. The quantitative estimate of drug-likeness (QED) is 0.527. The van der Waals surface area contributed by atoms with Crippen LogP contribution in [-0.4, -0.2) is 33.3 Å². The molecule has 0 aromatic carbocycles. The standard InChI is InChI=1S/C8H24O2Si3.C4H12Si.2CH4/c1-11(2,3)9-13(7,8)10-12(4,5)6;1-5(2,3)4;;/h1-8H3;1-4H3;2*1H4. The van der Waals surface area contributed by atoms with E-state index in [0.717, 1.165) is 0 Å². The first-order valence-corrected chi connectivity index (χ1v) is 20.4. The molecule has 0 rings (SSSR count). The third-order valence-electron chi connectivity index (χ3n) is 1.10.